The van der Waals surface area contributed by atoms with Gasteiger partial charge in [0.05, 0.1) is 12.1 Å². The van der Waals surface area contributed by atoms with Gasteiger partial charge in [-0.15, -0.1) is 5.11 Å². The first kappa shape index (κ1) is 13.3. The van der Waals surface area contributed by atoms with Crippen LogP contribution in [-0.4, -0.2) is 5.91 Å². The Morgan fingerprint density at radius 3 is 2.38 bits per heavy atom. The molecule has 3 nitrogen and oxygen atoms in total. The summed E-state index contributed by atoms with van der Waals surface area (Å²) < 4.78 is 26.8. The second-order valence-corrected chi connectivity index (χ2v) is 4.64. The van der Waals surface area contributed by atoms with Crippen LogP contribution in [0.25, 0.3) is 5.57 Å². The fourth-order valence-corrected chi connectivity index (χ4v) is 2.33. The van der Waals surface area contributed by atoms with Crippen LogP contribution < -0.4 is 0 Å². The van der Waals surface area contributed by atoms with Crippen molar-refractivity contribution in [1.29, 1.82) is 0 Å². The zero-order valence-corrected chi connectivity index (χ0v) is 10.8. The molecular weight excluding hydrogens is 274 g/mol. The third-order valence-electron chi connectivity index (χ3n) is 3.25. The van der Waals surface area contributed by atoms with Crippen LogP contribution in [0.1, 0.15) is 17.0 Å². The molecule has 1 atom stereocenters. The molecule has 3 rings (SSSR count). The first-order valence-electron chi connectivity index (χ1n) is 6.31. The molecule has 0 N–H and O–H groups in total. The van der Waals surface area contributed by atoms with Crippen LogP contribution >= 0.6 is 0 Å². The maximum Gasteiger partial charge on any atom is 0.276 e. The molecule has 0 radical (unpaired) electrons. The Hall–Kier alpha value is -2.69. The second kappa shape index (κ2) is 5.36. The normalized spacial score (nSPS) is 17.7. The van der Waals surface area contributed by atoms with E-state index >= 15 is 0 Å². The van der Waals surface area contributed by atoms with Crippen molar-refractivity contribution >= 4 is 11.5 Å². The minimum atomic E-state index is -0.778. The minimum absolute atomic E-state index is 0.415. The lowest BCUT2D eigenvalue weighted by Crippen LogP contribution is -2.14. The smallest absolute Gasteiger partial charge is 0.270 e. The Kier molecular flexibility index (Phi) is 3.39. The van der Waals surface area contributed by atoms with Gasteiger partial charge in [0, 0.05) is 0 Å². The zero-order valence-electron chi connectivity index (χ0n) is 10.8. The molecule has 21 heavy (non-hydrogen) atoms. The van der Waals surface area contributed by atoms with E-state index in [1.165, 1.54) is 36.5 Å². The van der Waals surface area contributed by atoms with Crippen molar-refractivity contribution in [3.63, 3.8) is 0 Å². The van der Waals surface area contributed by atoms with Crippen molar-refractivity contribution in [3.05, 3.63) is 77.5 Å². The lowest BCUT2D eigenvalue weighted by molar-refractivity contribution is -0.118. The van der Waals surface area contributed by atoms with Gasteiger partial charge in [0.2, 0.25) is 0 Å². The van der Waals surface area contributed by atoms with Crippen LogP contribution in [0.3, 0.4) is 0 Å². The Morgan fingerprint density at radius 2 is 1.67 bits per heavy atom. The van der Waals surface area contributed by atoms with E-state index in [2.05, 4.69) is 10.2 Å². The predicted molar refractivity (Wildman–Crippen MR) is 73.4 cm³/mol. The van der Waals surface area contributed by atoms with Crippen LogP contribution in [-0.2, 0) is 4.79 Å². The number of carbonyl (C=O) groups is 1. The Morgan fingerprint density at radius 1 is 0.952 bits per heavy atom. The number of carbonyl (C=O) groups excluding carboxylic acids is 1. The maximum absolute atomic E-state index is 13.4. The van der Waals surface area contributed by atoms with Gasteiger partial charge in [0.1, 0.15) is 11.6 Å². The molecule has 0 fully saturated rings. The predicted octanol–water partition coefficient (Wildman–Crippen LogP) is 4.08. The molecule has 1 heterocycles. The van der Waals surface area contributed by atoms with E-state index in [9.17, 15) is 13.6 Å². The van der Waals surface area contributed by atoms with E-state index in [1.807, 2.05) is 0 Å². The van der Waals surface area contributed by atoms with Crippen LogP contribution in [0.2, 0.25) is 0 Å². The van der Waals surface area contributed by atoms with Crippen molar-refractivity contribution in [2.75, 3.05) is 0 Å². The van der Waals surface area contributed by atoms with Gasteiger partial charge in [-0.25, -0.2) is 8.78 Å². The molecule has 0 aromatic heterocycles. The Bertz CT molecular complexity index is 768. The van der Waals surface area contributed by atoms with Crippen molar-refractivity contribution in [2.24, 2.45) is 10.2 Å². The average molecular weight is 284 g/mol. The van der Waals surface area contributed by atoms with E-state index in [0.717, 1.165) is 0 Å². The summed E-state index contributed by atoms with van der Waals surface area (Å²) >= 11 is 0. The van der Waals surface area contributed by atoms with Gasteiger partial charge in [0.15, 0.2) is 0 Å². The number of halogens is 2. The fourth-order valence-electron chi connectivity index (χ4n) is 2.33. The van der Waals surface area contributed by atoms with Crippen LogP contribution in [0.5, 0.6) is 0 Å². The molecule has 1 unspecified atom stereocenters. The van der Waals surface area contributed by atoms with Gasteiger partial charge in [-0.3, -0.25) is 4.79 Å². The van der Waals surface area contributed by atoms with Crippen LogP contribution in [0.15, 0.2) is 65.0 Å². The van der Waals surface area contributed by atoms with Crippen molar-refractivity contribution in [1.82, 2.24) is 0 Å². The molecular formula is C16H10F2N2O. The maximum atomic E-state index is 13.4. The molecule has 104 valence electrons. The largest absolute Gasteiger partial charge is 0.276 e. The van der Waals surface area contributed by atoms with Crippen molar-refractivity contribution in [3.8, 4) is 0 Å². The SMILES string of the molecule is O=C1N=NC=C(c2cccc(F)c2)C1c1cccc(F)c1. The number of hydrogen-bond acceptors (Lipinski definition) is 2. The molecule has 2 aromatic rings. The standard InChI is InChI=1S/C16H10F2N2O/c17-12-5-1-3-10(7-12)14-9-19-20-16(21)15(14)11-4-2-6-13(18)8-11/h1-9,15H. The highest BCUT2D eigenvalue weighted by Gasteiger charge is 2.28. The van der Waals surface area contributed by atoms with Crippen LogP contribution in [0.4, 0.5) is 8.78 Å². The second-order valence-electron chi connectivity index (χ2n) is 4.64. The Balaban J connectivity index is 2.10. The van der Waals surface area contributed by atoms with Gasteiger partial charge < -0.3 is 0 Å². The van der Waals surface area contributed by atoms with Crippen LogP contribution in [0, 0.1) is 11.6 Å². The quantitative estimate of drug-likeness (QED) is 0.819. The summed E-state index contributed by atoms with van der Waals surface area (Å²) in [5.41, 5.74) is 1.49. The highest BCUT2D eigenvalue weighted by molar-refractivity contribution is 5.98. The first-order chi connectivity index (χ1) is 10.1. The molecule has 0 aliphatic carbocycles. The lowest BCUT2D eigenvalue weighted by atomic mass is 9.86. The van der Waals surface area contributed by atoms with Crippen molar-refractivity contribution < 1.29 is 13.6 Å². The third-order valence-corrected chi connectivity index (χ3v) is 3.25. The highest BCUT2D eigenvalue weighted by Crippen LogP contribution is 2.36. The summed E-state index contributed by atoms with van der Waals surface area (Å²) in [6.07, 6.45) is 1.41. The van der Waals surface area contributed by atoms with E-state index in [1.54, 1.807) is 18.2 Å². The molecule has 0 bridgehead atoms. The van der Waals surface area contributed by atoms with E-state index < -0.39 is 23.5 Å². The van der Waals surface area contributed by atoms with Gasteiger partial charge in [0.25, 0.3) is 5.91 Å². The summed E-state index contributed by atoms with van der Waals surface area (Å²) in [5.74, 6) is -2.13. The number of hydrogen-bond donors (Lipinski definition) is 0. The van der Waals surface area contributed by atoms with Gasteiger partial charge in [-0.2, -0.15) is 5.11 Å². The highest BCUT2D eigenvalue weighted by atomic mass is 19.1. The Labute approximate surface area is 119 Å². The number of azo groups is 1. The minimum Gasteiger partial charge on any atom is -0.270 e. The third kappa shape index (κ3) is 2.63. The van der Waals surface area contributed by atoms with E-state index in [4.69, 9.17) is 0 Å². The monoisotopic (exact) mass is 284 g/mol. The molecule has 1 amide bonds. The summed E-state index contributed by atoms with van der Waals surface area (Å²) in [7, 11) is 0. The summed E-state index contributed by atoms with van der Waals surface area (Å²) in [6, 6.07) is 11.6. The van der Waals surface area contributed by atoms with Gasteiger partial charge in [-0.05, 0) is 41.0 Å². The molecule has 2 aromatic carbocycles. The first-order valence-corrected chi connectivity index (χ1v) is 6.31. The topological polar surface area (TPSA) is 41.8 Å². The number of amides is 1. The van der Waals surface area contributed by atoms with E-state index in [0.29, 0.717) is 16.7 Å². The summed E-state index contributed by atoms with van der Waals surface area (Å²) in [5, 5.41) is 7.15. The number of rotatable bonds is 2. The number of nitrogens with zero attached hydrogens (tertiary/aromatic N) is 2. The molecule has 5 heteroatoms. The molecule has 0 saturated carbocycles. The molecule has 1 aliphatic heterocycles. The molecule has 1 aliphatic rings. The molecule has 0 saturated heterocycles. The zero-order chi connectivity index (χ0) is 14.8. The summed E-state index contributed by atoms with van der Waals surface area (Å²) in [6.45, 7) is 0. The fraction of sp³-hybridized carbons (Fsp3) is 0.0625. The molecule has 0 spiro atoms. The average Bonchev–Trinajstić information content (AvgIpc) is 2.47. The van der Waals surface area contributed by atoms with Gasteiger partial charge >= 0.3 is 0 Å². The van der Waals surface area contributed by atoms with Gasteiger partial charge in [-0.1, -0.05) is 24.3 Å². The summed E-state index contributed by atoms with van der Waals surface area (Å²) in [4.78, 5) is 12.1. The number of benzene rings is 2. The van der Waals surface area contributed by atoms with E-state index in [-0.39, 0.29) is 0 Å². The van der Waals surface area contributed by atoms with Crippen molar-refractivity contribution in [2.45, 2.75) is 5.92 Å². The lowest BCUT2D eigenvalue weighted by Gasteiger charge is -2.19.